The van der Waals surface area contributed by atoms with Crippen molar-refractivity contribution in [2.45, 2.75) is 6.54 Å². The third-order valence-electron chi connectivity index (χ3n) is 5.51. The normalized spacial score (nSPS) is 20.7. The van der Waals surface area contributed by atoms with Crippen LogP contribution in [0.1, 0.15) is 0 Å². The van der Waals surface area contributed by atoms with Gasteiger partial charge in [0, 0.05) is 53.0 Å². The van der Waals surface area contributed by atoms with E-state index in [1.54, 1.807) is 6.07 Å². The fourth-order valence-electron chi connectivity index (χ4n) is 4.16. The summed E-state index contributed by atoms with van der Waals surface area (Å²) >= 11 is 7.22. The van der Waals surface area contributed by atoms with Gasteiger partial charge in [-0.1, -0.05) is 21.1 Å². The second-order valence-electron chi connectivity index (χ2n) is 7.51. The Kier molecular flexibility index (Phi) is 4.97. The molecule has 2 unspecified atom stereocenters. The molecule has 0 aliphatic carbocycles. The van der Waals surface area contributed by atoms with Gasteiger partial charge in [-0.3, -0.25) is 4.79 Å². The van der Waals surface area contributed by atoms with Gasteiger partial charge in [0.1, 0.15) is 0 Å². The molecule has 2 aliphatic rings. The van der Waals surface area contributed by atoms with E-state index in [9.17, 15) is 4.79 Å². The van der Waals surface area contributed by atoms with Crippen LogP contribution in [0.2, 0.25) is 0 Å². The van der Waals surface area contributed by atoms with Crippen molar-refractivity contribution < 1.29 is 14.4 Å². The number of rotatable bonds is 5. The molecule has 2 fully saturated rings. The van der Waals surface area contributed by atoms with Crippen LogP contribution in [-0.4, -0.2) is 62.6 Å². The van der Waals surface area contributed by atoms with Gasteiger partial charge in [0.05, 0.1) is 5.69 Å². The Labute approximate surface area is 188 Å². The fourth-order valence-corrected chi connectivity index (χ4v) is 5.00. The molecule has 2 atom stereocenters. The number of aliphatic carboxylic acids is 1. The van der Waals surface area contributed by atoms with Gasteiger partial charge in [0.2, 0.25) is 11.6 Å². The number of hydrogen-bond donors (Lipinski definition) is 1. The first-order valence-electron chi connectivity index (χ1n) is 9.38. The van der Waals surface area contributed by atoms with Crippen molar-refractivity contribution in [2.24, 2.45) is 11.8 Å². The maximum Gasteiger partial charge on any atom is 0.327 e. The molecule has 4 heterocycles. The highest BCUT2D eigenvalue weighted by atomic mass is 79.9. The van der Waals surface area contributed by atoms with Crippen molar-refractivity contribution in [1.29, 1.82) is 0 Å². The molecule has 156 valence electrons. The van der Waals surface area contributed by atoms with E-state index < -0.39 is 5.97 Å². The summed E-state index contributed by atoms with van der Waals surface area (Å²) in [5, 5.41) is 24.6. The van der Waals surface area contributed by atoms with Crippen LogP contribution < -0.4 is 9.80 Å². The van der Waals surface area contributed by atoms with Crippen molar-refractivity contribution in [1.82, 2.24) is 25.4 Å². The lowest BCUT2D eigenvalue weighted by atomic mass is 10.0. The number of fused-ring (bicyclic) bond motifs is 1. The molecule has 0 radical (unpaired) electrons. The minimum Gasteiger partial charge on any atom is -0.480 e. The summed E-state index contributed by atoms with van der Waals surface area (Å²) in [5.74, 6) is 1.39. The number of aromatic nitrogens is 5. The van der Waals surface area contributed by atoms with Crippen LogP contribution in [0.15, 0.2) is 37.7 Å². The molecular weight excluding hydrogens is 522 g/mol. The molecular formula is C18H17Br2N7O3. The molecule has 0 spiro atoms. The van der Waals surface area contributed by atoms with Gasteiger partial charge in [-0.25, -0.2) is 0 Å². The number of tetrazole rings is 1. The molecule has 3 aromatic rings. The Balaban J connectivity index is 1.25. The first kappa shape index (κ1) is 19.5. The van der Waals surface area contributed by atoms with E-state index in [1.165, 1.54) is 5.69 Å². The van der Waals surface area contributed by atoms with Crippen molar-refractivity contribution in [3.63, 3.8) is 0 Å². The van der Waals surface area contributed by atoms with Crippen LogP contribution in [0.5, 0.6) is 0 Å². The monoisotopic (exact) mass is 537 g/mol. The number of carboxylic acid groups (broad SMARTS) is 1. The second kappa shape index (κ2) is 7.65. The van der Waals surface area contributed by atoms with Gasteiger partial charge in [-0.15, -0.1) is 10.2 Å². The summed E-state index contributed by atoms with van der Waals surface area (Å²) < 4.78 is 7.56. The Morgan fingerprint density at radius 1 is 1.13 bits per heavy atom. The third-order valence-corrected chi connectivity index (χ3v) is 6.67. The van der Waals surface area contributed by atoms with Crippen LogP contribution >= 0.6 is 31.9 Å². The van der Waals surface area contributed by atoms with Crippen molar-refractivity contribution in [3.05, 3.63) is 33.2 Å². The van der Waals surface area contributed by atoms with E-state index in [4.69, 9.17) is 9.63 Å². The number of hydrogen-bond acceptors (Lipinski definition) is 8. The van der Waals surface area contributed by atoms with Crippen molar-refractivity contribution in [3.8, 4) is 11.6 Å². The molecule has 10 nitrogen and oxygen atoms in total. The van der Waals surface area contributed by atoms with E-state index in [2.05, 4.69) is 74.4 Å². The Bertz CT molecular complexity index is 1090. The van der Waals surface area contributed by atoms with E-state index in [0.29, 0.717) is 17.6 Å². The standard InChI is InChI=1S/C18H17Br2N7O3/c19-12-1-2-13(20)14(3-12)25-5-10-7-26(8-11(10)6-25)16-4-15(30-23-16)18-21-24-27(22-18)9-17(28)29/h1-4,10-11H,5-9H2,(H,28,29). The van der Waals surface area contributed by atoms with E-state index >= 15 is 0 Å². The predicted octanol–water partition coefficient (Wildman–Crippen LogP) is 2.51. The van der Waals surface area contributed by atoms with Gasteiger partial charge in [0.15, 0.2) is 12.4 Å². The zero-order valence-electron chi connectivity index (χ0n) is 15.6. The lowest BCUT2D eigenvalue weighted by molar-refractivity contribution is -0.138. The Morgan fingerprint density at radius 3 is 2.60 bits per heavy atom. The van der Waals surface area contributed by atoms with Crippen molar-refractivity contribution in [2.75, 3.05) is 36.0 Å². The maximum atomic E-state index is 10.8. The average Bonchev–Trinajstić information content (AvgIpc) is 3.44. The van der Waals surface area contributed by atoms with Crippen LogP contribution in [0.4, 0.5) is 11.5 Å². The van der Waals surface area contributed by atoms with E-state index in [1.807, 2.05) is 6.07 Å². The highest BCUT2D eigenvalue weighted by Crippen LogP contribution is 2.39. The second-order valence-corrected chi connectivity index (χ2v) is 9.28. The summed E-state index contributed by atoms with van der Waals surface area (Å²) in [6.45, 7) is 3.43. The lowest BCUT2D eigenvalue weighted by Crippen LogP contribution is -2.29. The highest BCUT2D eigenvalue weighted by molar-refractivity contribution is 9.11. The molecule has 2 aromatic heterocycles. The van der Waals surface area contributed by atoms with Crippen LogP contribution in [0.25, 0.3) is 11.6 Å². The largest absolute Gasteiger partial charge is 0.480 e. The zero-order valence-corrected chi connectivity index (χ0v) is 18.8. The van der Waals surface area contributed by atoms with Gasteiger partial charge < -0.3 is 19.4 Å². The Hall–Kier alpha value is -2.47. The average molecular weight is 539 g/mol. The minimum atomic E-state index is -1.04. The number of benzene rings is 1. The minimum absolute atomic E-state index is 0.222. The first-order chi connectivity index (χ1) is 14.5. The van der Waals surface area contributed by atoms with Gasteiger partial charge in [0.25, 0.3) is 0 Å². The summed E-state index contributed by atoms with van der Waals surface area (Å²) in [4.78, 5) is 16.4. The molecule has 1 aromatic carbocycles. The summed E-state index contributed by atoms with van der Waals surface area (Å²) in [6.07, 6.45) is 0. The van der Waals surface area contributed by atoms with Crippen LogP contribution in [0.3, 0.4) is 0 Å². The summed E-state index contributed by atoms with van der Waals surface area (Å²) in [6, 6.07) is 8.03. The predicted molar refractivity (Wildman–Crippen MR) is 114 cm³/mol. The number of carbonyl (C=O) groups is 1. The first-order valence-corrected chi connectivity index (χ1v) is 11.0. The highest BCUT2D eigenvalue weighted by Gasteiger charge is 2.41. The number of nitrogens with zero attached hydrogens (tertiary/aromatic N) is 7. The van der Waals surface area contributed by atoms with Gasteiger partial charge >= 0.3 is 5.97 Å². The summed E-state index contributed by atoms with van der Waals surface area (Å²) in [5.41, 5.74) is 1.21. The van der Waals surface area contributed by atoms with E-state index in [-0.39, 0.29) is 12.4 Å². The van der Waals surface area contributed by atoms with Crippen molar-refractivity contribution >= 4 is 49.3 Å². The molecule has 2 saturated heterocycles. The number of halogens is 2. The number of carboxylic acids is 1. The third kappa shape index (κ3) is 3.69. The maximum absolute atomic E-state index is 10.8. The fraction of sp³-hybridized carbons (Fsp3) is 0.389. The summed E-state index contributed by atoms with van der Waals surface area (Å²) in [7, 11) is 0. The van der Waals surface area contributed by atoms with Crippen LogP contribution in [0, 0.1) is 11.8 Å². The van der Waals surface area contributed by atoms with Gasteiger partial charge in [-0.2, -0.15) is 4.80 Å². The number of anilines is 2. The smallest absolute Gasteiger partial charge is 0.327 e. The molecule has 0 amide bonds. The molecule has 0 saturated carbocycles. The lowest BCUT2D eigenvalue weighted by Gasteiger charge is -2.24. The quantitative estimate of drug-likeness (QED) is 0.523. The Morgan fingerprint density at radius 2 is 1.87 bits per heavy atom. The SMILES string of the molecule is O=C(O)Cn1nnc(-c2cc(N3CC4CN(c5cc(Br)ccc5Br)CC4C3)no2)n1. The van der Waals surface area contributed by atoms with E-state index in [0.717, 1.165) is 45.7 Å². The van der Waals surface area contributed by atoms with Crippen LogP contribution in [-0.2, 0) is 11.3 Å². The van der Waals surface area contributed by atoms with Gasteiger partial charge in [-0.05, 0) is 39.3 Å². The zero-order chi connectivity index (χ0) is 20.8. The molecule has 30 heavy (non-hydrogen) atoms. The molecule has 5 rings (SSSR count). The molecule has 0 bridgehead atoms. The molecule has 1 N–H and O–H groups in total. The topological polar surface area (TPSA) is 113 Å². The molecule has 2 aliphatic heterocycles. The molecule has 12 heteroatoms.